The average molecular weight is 382 g/mol. The lowest BCUT2D eigenvalue weighted by molar-refractivity contribution is -0.153. The maximum Gasteiger partial charge on any atom is 0.309 e. The molecule has 1 aromatic rings. The van der Waals surface area contributed by atoms with Crippen molar-refractivity contribution in [2.45, 2.75) is 26.7 Å². The molecule has 0 bridgehead atoms. The first-order chi connectivity index (χ1) is 12.8. The van der Waals surface area contributed by atoms with Crippen molar-refractivity contribution in [2.75, 3.05) is 26.2 Å². The zero-order chi connectivity index (χ0) is 20.0. The molecular formula is C19H24F2N2O4. The largest absolute Gasteiger partial charge is 0.455 e. The van der Waals surface area contributed by atoms with Crippen molar-refractivity contribution < 1.29 is 27.9 Å². The van der Waals surface area contributed by atoms with Gasteiger partial charge in [0.25, 0.3) is 11.8 Å². The number of hydrogen-bond acceptors (Lipinski definition) is 4. The quantitative estimate of drug-likeness (QED) is 0.765. The highest BCUT2D eigenvalue weighted by molar-refractivity contribution is 5.94. The fourth-order valence-electron chi connectivity index (χ4n) is 2.78. The highest BCUT2D eigenvalue weighted by atomic mass is 19.1. The lowest BCUT2D eigenvalue weighted by Gasteiger charge is -2.31. The molecule has 148 valence electrons. The zero-order valence-corrected chi connectivity index (χ0v) is 15.5. The maximum absolute atomic E-state index is 13.7. The molecule has 0 aliphatic carbocycles. The van der Waals surface area contributed by atoms with E-state index >= 15 is 0 Å². The third kappa shape index (κ3) is 6.01. The van der Waals surface area contributed by atoms with Gasteiger partial charge in [-0.3, -0.25) is 14.4 Å². The second-order valence-electron chi connectivity index (χ2n) is 7.00. The summed E-state index contributed by atoms with van der Waals surface area (Å²) in [4.78, 5) is 37.4. The topological polar surface area (TPSA) is 75.7 Å². The summed E-state index contributed by atoms with van der Waals surface area (Å²) in [7, 11) is 0. The van der Waals surface area contributed by atoms with E-state index in [1.807, 2.05) is 13.8 Å². The van der Waals surface area contributed by atoms with Crippen LogP contribution >= 0.6 is 0 Å². The molecule has 0 unspecified atom stereocenters. The predicted octanol–water partition coefficient (Wildman–Crippen LogP) is 2.13. The summed E-state index contributed by atoms with van der Waals surface area (Å²) in [5.41, 5.74) is -0.195. The van der Waals surface area contributed by atoms with Crippen molar-refractivity contribution in [1.82, 2.24) is 10.2 Å². The third-order valence-electron chi connectivity index (χ3n) is 4.33. The molecule has 0 aromatic heterocycles. The second-order valence-corrected chi connectivity index (χ2v) is 7.00. The van der Waals surface area contributed by atoms with Gasteiger partial charge in [0.05, 0.1) is 11.5 Å². The van der Waals surface area contributed by atoms with Crippen LogP contribution in [0.5, 0.6) is 0 Å². The van der Waals surface area contributed by atoms with Gasteiger partial charge < -0.3 is 15.0 Å². The molecule has 2 amide bonds. The van der Waals surface area contributed by atoms with Crippen molar-refractivity contribution in [3.05, 3.63) is 35.4 Å². The van der Waals surface area contributed by atoms with Crippen LogP contribution in [0.2, 0.25) is 0 Å². The number of hydrogen-bond donors (Lipinski definition) is 1. The number of nitrogens with zero attached hydrogens (tertiary/aromatic N) is 1. The van der Waals surface area contributed by atoms with Crippen LogP contribution in [0.3, 0.4) is 0 Å². The Bertz CT molecular complexity index is 701. The number of esters is 1. The Morgan fingerprint density at radius 3 is 2.48 bits per heavy atom. The number of nitrogens with one attached hydrogen (secondary N) is 1. The van der Waals surface area contributed by atoms with Gasteiger partial charge in [-0.2, -0.15) is 0 Å². The number of amides is 2. The number of carbonyl (C=O) groups is 3. The summed E-state index contributed by atoms with van der Waals surface area (Å²) in [6.45, 7) is 4.62. The summed E-state index contributed by atoms with van der Waals surface area (Å²) in [5.74, 6) is -3.13. The average Bonchev–Trinajstić information content (AvgIpc) is 2.64. The van der Waals surface area contributed by atoms with E-state index in [0.29, 0.717) is 31.4 Å². The maximum atomic E-state index is 13.7. The number of piperidine rings is 1. The van der Waals surface area contributed by atoms with E-state index in [9.17, 15) is 23.2 Å². The Labute approximate surface area is 156 Å². The van der Waals surface area contributed by atoms with Crippen molar-refractivity contribution in [2.24, 2.45) is 11.8 Å². The van der Waals surface area contributed by atoms with E-state index in [-0.39, 0.29) is 31.2 Å². The van der Waals surface area contributed by atoms with Gasteiger partial charge in [-0.05, 0) is 30.9 Å². The third-order valence-corrected chi connectivity index (χ3v) is 4.33. The lowest BCUT2D eigenvalue weighted by atomic mass is 9.96. The second kappa shape index (κ2) is 9.43. The van der Waals surface area contributed by atoms with Crippen LogP contribution in [0, 0.1) is 23.5 Å². The molecule has 0 radical (unpaired) electrons. The summed E-state index contributed by atoms with van der Waals surface area (Å²) in [5, 5.41) is 2.66. The standard InChI is InChI=1S/C19H24F2N2O4/c1-12(2)10-22-17(24)11-27-19(26)13-5-7-23(8-6-13)18(25)15-4-3-14(20)9-16(15)21/h3-4,9,12-13H,5-8,10-11H2,1-2H3,(H,22,24). The first kappa shape index (κ1) is 20.8. The highest BCUT2D eigenvalue weighted by Crippen LogP contribution is 2.21. The number of halogens is 2. The lowest BCUT2D eigenvalue weighted by Crippen LogP contribution is -2.41. The van der Waals surface area contributed by atoms with Crippen molar-refractivity contribution in [1.29, 1.82) is 0 Å². The zero-order valence-electron chi connectivity index (χ0n) is 15.5. The molecule has 1 fully saturated rings. The number of carbonyl (C=O) groups excluding carboxylic acids is 3. The highest BCUT2D eigenvalue weighted by Gasteiger charge is 2.30. The molecular weight excluding hydrogens is 358 g/mol. The van der Waals surface area contributed by atoms with E-state index in [1.54, 1.807) is 0 Å². The summed E-state index contributed by atoms with van der Waals surface area (Å²) in [6, 6.07) is 2.82. The van der Waals surface area contributed by atoms with Crippen LogP contribution in [0.4, 0.5) is 8.78 Å². The van der Waals surface area contributed by atoms with E-state index in [0.717, 1.165) is 12.1 Å². The van der Waals surface area contributed by atoms with Crippen LogP contribution in [0.1, 0.15) is 37.0 Å². The number of benzene rings is 1. The Kier molecular flexibility index (Phi) is 7.27. The number of rotatable bonds is 6. The molecule has 2 rings (SSSR count). The first-order valence-electron chi connectivity index (χ1n) is 8.95. The van der Waals surface area contributed by atoms with Crippen LogP contribution in [-0.4, -0.2) is 48.9 Å². The van der Waals surface area contributed by atoms with E-state index in [4.69, 9.17) is 4.74 Å². The number of ether oxygens (including phenoxy) is 1. The minimum absolute atomic E-state index is 0.195. The molecule has 1 saturated heterocycles. The minimum Gasteiger partial charge on any atom is -0.455 e. The smallest absolute Gasteiger partial charge is 0.309 e. The van der Waals surface area contributed by atoms with Crippen molar-refractivity contribution in [3.63, 3.8) is 0 Å². The Morgan fingerprint density at radius 1 is 1.22 bits per heavy atom. The van der Waals surface area contributed by atoms with Crippen molar-refractivity contribution >= 4 is 17.8 Å². The van der Waals surface area contributed by atoms with Gasteiger partial charge in [-0.25, -0.2) is 8.78 Å². The van der Waals surface area contributed by atoms with Gasteiger partial charge in [0.1, 0.15) is 11.6 Å². The fourth-order valence-corrected chi connectivity index (χ4v) is 2.78. The molecule has 8 heteroatoms. The summed E-state index contributed by atoms with van der Waals surface area (Å²) >= 11 is 0. The van der Waals surface area contributed by atoms with Crippen LogP contribution in [0.15, 0.2) is 18.2 Å². The summed E-state index contributed by atoms with van der Waals surface area (Å²) < 4.78 is 31.7. The molecule has 1 aromatic carbocycles. The Balaban J connectivity index is 1.79. The Hall–Kier alpha value is -2.51. The molecule has 0 spiro atoms. The molecule has 1 aliphatic rings. The number of likely N-dealkylation sites (tertiary alicyclic amines) is 1. The molecule has 1 aliphatic heterocycles. The molecule has 6 nitrogen and oxygen atoms in total. The molecule has 0 atom stereocenters. The monoisotopic (exact) mass is 382 g/mol. The SMILES string of the molecule is CC(C)CNC(=O)COC(=O)C1CCN(C(=O)c2ccc(F)cc2F)CC1. The van der Waals surface area contributed by atoms with E-state index in [2.05, 4.69) is 5.32 Å². The van der Waals surface area contributed by atoms with Gasteiger partial charge in [0.15, 0.2) is 6.61 Å². The minimum atomic E-state index is -0.908. The van der Waals surface area contributed by atoms with Crippen LogP contribution in [-0.2, 0) is 14.3 Å². The molecule has 1 N–H and O–H groups in total. The van der Waals surface area contributed by atoms with Crippen molar-refractivity contribution in [3.8, 4) is 0 Å². The first-order valence-corrected chi connectivity index (χ1v) is 8.95. The van der Waals surface area contributed by atoms with Gasteiger partial charge in [-0.1, -0.05) is 13.8 Å². The van der Waals surface area contributed by atoms with Gasteiger partial charge in [0.2, 0.25) is 0 Å². The summed E-state index contributed by atoms with van der Waals surface area (Å²) in [6.07, 6.45) is 0.724. The fraction of sp³-hybridized carbons (Fsp3) is 0.526. The van der Waals surface area contributed by atoms with Gasteiger partial charge in [-0.15, -0.1) is 0 Å². The van der Waals surface area contributed by atoms with Crippen LogP contribution < -0.4 is 5.32 Å². The van der Waals surface area contributed by atoms with Gasteiger partial charge >= 0.3 is 5.97 Å². The molecule has 1 heterocycles. The van der Waals surface area contributed by atoms with Crippen LogP contribution in [0.25, 0.3) is 0 Å². The van der Waals surface area contributed by atoms with E-state index < -0.39 is 29.4 Å². The Morgan fingerprint density at radius 2 is 1.89 bits per heavy atom. The van der Waals surface area contributed by atoms with Gasteiger partial charge in [0, 0.05) is 25.7 Å². The predicted molar refractivity (Wildman–Crippen MR) is 93.8 cm³/mol. The molecule has 27 heavy (non-hydrogen) atoms. The van der Waals surface area contributed by atoms with E-state index in [1.165, 1.54) is 4.90 Å². The molecule has 0 saturated carbocycles. The normalized spacial score (nSPS) is 14.9.